The zero-order valence-electron chi connectivity index (χ0n) is 63.4. The van der Waals surface area contributed by atoms with Gasteiger partial charge in [0, 0.05) is 114 Å². The van der Waals surface area contributed by atoms with E-state index in [2.05, 4.69) is 127 Å². The van der Waals surface area contributed by atoms with Crippen LogP contribution in [-0.2, 0) is 47.1 Å². The van der Waals surface area contributed by atoms with E-state index in [0.29, 0.717) is 187 Å². The summed E-state index contributed by atoms with van der Waals surface area (Å²) in [6, 6.07) is 33.9. The molecule has 2 unspecified atom stereocenters. The number of carbonyl (C=O) groups excluding carboxylic acids is 4. The number of ether oxygens (including phenoxy) is 6. The lowest BCUT2D eigenvalue weighted by atomic mass is 9.77. The second kappa shape index (κ2) is 37.0. The van der Waals surface area contributed by atoms with Crippen LogP contribution in [0.15, 0.2) is 176 Å². The van der Waals surface area contributed by atoms with Crippen LogP contribution in [0.5, 0.6) is 34.5 Å². The first-order valence-electron chi connectivity index (χ1n) is 35.9. The van der Waals surface area contributed by atoms with Crippen molar-refractivity contribution in [2.75, 3.05) is 14.2 Å². The van der Waals surface area contributed by atoms with Gasteiger partial charge in [-0.2, -0.15) is 0 Å². The molecule has 4 N–H and O–H groups in total. The number of carbonyl (C=O) groups is 4. The van der Waals surface area contributed by atoms with E-state index in [-0.39, 0.29) is 131 Å². The SMILES string of the molecule is CC(=O)c1c(Cl)c(Cl)c(Cl)c(Cl)c1-c1c2cc(Br)c(=O)c(Br)c-2oc2c(Br)c(CO)c(Br)cc12.CC(=O)c1ccccc1-c1c2cc(Cl)c(=O)cc-2oc2cc(CO)c(Cl)cc12.COc1c(Br)cc2c(c1Br)Oc1c(cc(Br)c(CO)c1Br)C21OC(=O)c2c(Cl)c(Cl)c(Cl)c(Cl)c21.COc1cc2c(cc1Cl)C1(OC(=O)c3ccccc31)c1cc(Cl)c(CO)cc1O2. The topological polar surface area (TPSA) is 265 Å². The number of rotatable bonds is 10. The van der Waals surface area contributed by atoms with E-state index >= 15 is 0 Å². The van der Waals surface area contributed by atoms with E-state index < -0.39 is 28.9 Å². The van der Waals surface area contributed by atoms with Gasteiger partial charge in [-0.25, -0.2) is 9.59 Å². The van der Waals surface area contributed by atoms with Crippen molar-refractivity contribution in [2.24, 2.45) is 0 Å². The lowest BCUT2D eigenvalue weighted by Crippen LogP contribution is -2.34. The molecule has 0 saturated carbocycles. The van der Waals surface area contributed by atoms with Crippen molar-refractivity contribution < 1.29 is 76.9 Å². The Balaban J connectivity index is 0.000000130. The number of benzene rings is 12. The lowest BCUT2D eigenvalue weighted by Gasteiger charge is -2.38. The second-order valence-corrected chi connectivity index (χ2v) is 39.0. The molecule has 6 heterocycles. The van der Waals surface area contributed by atoms with E-state index in [1.807, 2.05) is 24.3 Å². The molecule has 0 bridgehead atoms. The third-order valence-electron chi connectivity index (χ3n) is 21.0. The van der Waals surface area contributed by atoms with Crippen molar-refractivity contribution in [3.63, 3.8) is 0 Å². The molecule has 18 nitrogen and oxygen atoms in total. The van der Waals surface area contributed by atoms with Crippen LogP contribution >= 0.6 is 267 Å². The largest absolute Gasteiger partial charge is 0.495 e. The van der Waals surface area contributed by atoms with Gasteiger partial charge in [0.2, 0.25) is 10.9 Å². The fourth-order valence-corrected chi connectivity index (χ4v) is 24.0. The standard InChI is InChI=1S/C22H8Br4Cl4O5.C22H8Br4Cl4O4.C22H14Cl2O5.C22H14Cl2O4/c1-33-20-9(24)3-7-19(13(20)26)34-18-6(2-8(23)5(4-31)12(18)25)22(7)11-10(21(32)35-22)14(27)16(29)17(30)15(11)28;1-5(32)11-13(17(28)19(30)18(29)16(11)27)12-6-2-9(23)8(4-31)14(25)21(6)34-22-7(12)3-10(24)20(33)15(22)26;1-27-20-9-19-15(8-17(20)24)22(13-5-3-2-4-12(13)21(26)29-22)14-7-16(23)11(10-25)6-18(14)28-19;1-11(26)13-4-2-3-5-14(13)22-15-7-17(23)12(10-25)6-20(15)28-21-9-19(27)18(24)8-16(21)22/h2-3,31H,4H2,1H3;2-3,31H,4H2,1H3;2-9,25H,10H2,1H3;2-9,25H,10H2,1H3. The number of hydrogen-bond acceptors (Lipinski definition) is 18. The van der Waals surface area contributed by atoms with Gasteiger partial charge in [0.25, 0.3) is 0 Å². The first kappa shape index (κ1) is 94.9. The van der Waals surface area contributed by atoms with E-state index in [9.17, 15) is 49.2 Å². The van der Waals surface area contributed by atoms with Crippen LogP contribution in [0.3, 0.4) is 0 Å². The molecule has 10 aromatic rings. The molecule has 0 saturated heterocycles. The normalized spacial score (nSPS) is 14.8. The molecule has 644 valence electrons. The van der Waals surface area contributed by atoms with Gasteiger partial charge in [0.1, 0.15) is 48.9 Å². The number of ketones is 2. The summed E-state index contributed by atoms with van der Waals surface area (Å²) >= 11 is 105. The highest BCUT2D eigenvalue weighted by molar-refractivity contribution is 9.12. The Labute approximate surface area is 840 Å². The Morgan fingerprint density at radius 2 is 0.984 bits per heavy atom. The van der Waals surface area contributed by atoms with Crippen molar-refractivity contribution >= 4 is 312 Å². The maximum Gasteiger partial charge on any atom is 0.341 e. The fraction of sp³-hybridized carbons (Fsp3) is 0.114. The molecule has 0 amide bonds. The van der Waals surface area contributed by atoms with Crippen molar-refractivity contribution in [3.8, 4) is 79.4 Å². The number of aliphatic hydroxyl groups is 4. The average Bonchev–Trinajstić information content (AvgIpc) is 1.48. The zero-order chi connectivity index (χ0) is 91.1. The van der Waals surface area contributed by atoms with Gasteiger partial charge in [-0.15, -0.1) is 0 Å². The Morgan fingerprint density at radius 1 is 0.421 bits per heavy atom. The first-order valence-corrected chi connectivity index (χ1v) is 46.8. The minimum Gasteiger partial charge on any atom is -0.495 e. The van der Waals surface area contributed by atoms with Gasteiger partial charge in [-0.1, -0.05) is 214 Å². The van der Waals surface area contributed by atoms with Gasteiger partial charge in [0.15, 0.2) is 40.0 Å². The number of methoxy groups -OCH3 is 2. The molecule has 10 aromatic carbocycles. The maximum atomic E-state index is 13.4. The van der Waals surface area contributed by atoms with Gasteiger partial charge < -0.3 is 57.7 Å². The molecule has 2 aliphatic carbocycles. The third kappa shape index (κ3) is 15.6. The molecule has 2 atom stereocenters. The van der Waals surface area contributed by atoms with Crippen LogP contribution in [-0.4, -0.2) is 58.2 Å². The lowest BCUT2D eigenvalue weighted by molar-refractivity contribution is 0.0213. The minimum absolute atomic E-state index is 0.00209. The summed E-state index contributed by atoms with van der Waals surface area (Å²) in [5.41, 5.74) is 6.12. The number of halogens is 20. The third-order valence-corrected chi connectivity index (χ3v) is 31.6. The Kier molecular flexibility index (Phi) is 27.9. The van der Waals surface area contributed by atoms with E-state index in [4.69, 9.17) is 176 Å². The average molecular weight is 2450 g/mol. The monoisotopic (exact) mass is 2440 g/mol. The number of aliphatic hydroxyl groups excluding tert-OH is 4. The van der Waals surface area contributed by atoms with Crippen molar-refractivity contribution in [1.82, 2.24) is 0 Å². The van der Waals surface area contributed by atoms with Crippen LogP contribution < -0.4 is 29.8 Å². The molecule has 18 rings (SSSR count). The quantitative estimate of drug-likeness (QED) is 0.0326. The molecule has 2 spiro atoms. The van der Waals surface area contributed by atoms with E-state index in [0.717, 1.165) is 0 Å². The molecular formula is C88H44Br8Cl12O18. The number of esters is 2. The predicted molar refractivity (Wildman–Crippen MR) is 517 cm³/mol. The summed E-state index contributed by atoms with van der Waals surface area (Å²) in [6.07, 6.45) is 0. The van der Waals surface area contributed by atoms with Gasteiger partial charge in [0.05, 0.1) is 131 Å². The molecule has 0 radical (unpaired) electrons. The number of hydrogen-bond donors (Lipinski definition) is 4. The van der Waals surface area contributed by atoms with Crippen molar-refractivity contribution in [3.05, 3.63) is 316 Å². The molecule has 0 aromatic heterocycles. The summed E-state index contributed by atoms with van der Waals surface area (Å²) in [5.74, 6) is 1.16. The van der Waals surface area contributed by atoms with Gasteiger partial charge in [-0.05, 0) is 193 Å². The van der Waals surface area contributed by atoms with Crippen LogP contribution in [0.1, 0.15) is 111 Å². The summed E-state index contributed by atoms with van der Waals surface area (Å²) in [7, 11) is 3.01. The minimum atomic E-state index is -1.64. The van der Waals surface area contributed by atoms with E-state index in [1.165, 1.54) is 34.1 Å². The molecule has 6 aliphatic heterocycles. The highest BCUT2D eigenvalue weighted by Crippen LogP contribution is 2.66. The Morgan fingerprint density at radius 3 is 1.62 bits per heavy atom. The van der Waals surface area contributed by atoms with Crippen molar-refractivity contribution in [1.29, 1.82) is 0 Å². The Bertz CT molecular complexity index is 7110. The molecule has 38 heteroatoms. The molecule has 126 heavy (non-hydrogen) atoms. The predicted octanol–water partition coefficient (Wildman–Crippen LogP) is 30.0. The molecular weight excluding hydrogens is 2410 g/mol. The van der Waals surface area contributed by atoms with Crippen LogP contribution in [0.4, 0.5) is 0 Å². The highest BCUT2D eigenvalue weighted by atomic mass is 79.9. The summed E-state index contributed by atoms with van der Waals surface area (Å²) in [5, 5.41) is 41.0. The van der Waals surface area contributed by atoms with Crippen LogP contribution in [0.25, 0.3) is 66.8 Å². The highest BCUT2D eigenvalue weighted by Gasteiger charge is 2.59. The summed E-state index contributed by atoms with van der Waals surface area (Å²) < 4.78 is 50.9. The fourth-order valence-electron chi connectivity index (χ4n) is 15.3. The zero-order valence-corrected chi connectivity index (χ0v) is 85.2. The maximum absolute atomic E-state index is 13.4. The van der Waals surface area contributed by atoms with Crippen molar-refractivity contribution in [2.45, 2.75) is 51.5 Å². The molecule has 0 fully saturated rings. The van der Waals surface area contributed by atoms with Crippen LogP contribution in [0, 0.1) is 0 Å². The smallest absolute Gasteiger partial charge is 0.341 e. The number of Topliss-reactive ketones (excluding diaryl/α,β-unsaturated/α-hetero) is 2. The summed E-state index contributed by atoms with van der Waals surface area (Å²) in [6.45, 7) is 1.72. The van der Waals surface area contributed by atoms with Gasteiger partial charge in [-0.3, -0.25) is 19.2 Å². The number of fused-ring (bicyclic) bond motifs is 16. The van der Waals surface area contributed by atoms with E-state index in [1.54, 1.807) is 91.0 Å². The first-order chi connectivity index (χ1) is 59.8. The summed E-state index contributed by atoms with van der Waals surface area (Å²) in [4.78, 5) is 75.9. The Hall–Kier alpha value is -5.78. The second-order valence-electron chi connectivity index (χ2n) is 27.8. The molecule has 8 aliphatic rings. The van der Waals surface area contributed by atoms with Crippen LogP contribution in [0.2, 0.25) is 60.3 Å². The van der Waals surface area contributed by atoms with Gasteiger partial charge >= 0.3 is 11.9 Å².